The van der Waals surface area contributed by atoms with E-state index in [0.717, 1.165) is 5.57 Å². The summed E-state index contributed by atoms with van der Waals surface area (Å²) in [6, 6.07) is 0. The van der Waals surface area contributed by atoms with Crippen LogP contribution in [-0.2, 0) is 9.53 Å². The summed E-state index contributed by atoms with van der Waals surface area (Å²) in [7, 11) is 0. The summed E-state index contributed by atoms with van der Waals surface area (Å²) in [6.07, 6.45) is 2.42. The van der Waals surface area contributed by atoms with Crippen molar-refractivity contribution < 1.29 is 9.53 Å². The predicted octanol–water partition coefficient (Wildman–Crippen LogP) is 1.29. The standard InChI is InChI=1S/C7H10O2/c1-3-4-7(2)5-9-6-8/h3,6H,1-2,4-5H2. The molecule has 0 heterocycles. The van der Waals surface area contributed by atoms with Gasteiger partial charge in [0.25, 0.3) is 6.47 Å². The van der Waals surface area contributed by atoms with Crippen molar-refractivity contribution in [3.63, 3.8) is 0 Å². The molecule has 0 rings (SSSR count). The number of carbonyl (C=O) groups is 1. The molecule has 0 radical (unpaired) electrons. The van der Waals surface area contributed by atoms with E-state index in [2.05, 4.69) is 17.9 Å². The first-order valence-electron chi connectivity index (χ1n) is 2.64. The minimum absolute atomic E-state index is 0.301. The number of hydrogen-bond acceptors (Lipinski definition) is 2. The molecule has 2 heteroatoms. The van der Waals surface area contributed by atoms with Crippen LogP contribution in [0.1, 0.15) is 6.42 Å². The minimum atomic E-state index is 0.301. The minimum Gasteiger partial charge on any atom is -0.463 e. The molecular weight excluding hydrogens is 116 g/mol. The Morgan fingerprint density at radius 2 is 2.33 bits per heavy atom. The molecule has 0 saturated heterocycles. The highest BCUT2D eigenvalue weighted by Gasteiger charge is 1.88. The molecule has 0 aromatic heterocycles. The molecule has 0 spiro atoms. The van der Waals surface area contributed by atoms with Gasteiger partial charge in [0.1, 0.15) is 6.61 Å². The Balaban J connectivity index is 3.26. The molecule has 2 nitrogen and oxygen atoms in total. The summed E-state index contributed by atoms with van der Waals surface area (Å²) >= 11 is 0. The summed E-state index contributed by atoms with van der Waals surface area (Å²) in [6.45, 7) is 7.84. The fourth-order valence-corrected chi connectivity index (χ4v) is 0.415. The van der Waals surface area contributed by atoms with E-state index in [1.807, 2.05) is 0 Å². The van der Waals surface area contributed by atoms with Gasteiger partial charge in [-0.15, -0.1) is 6.58 Å². The number of ether oxygens (including phenoxy) is 1. The van der Waals surface area contributed by atoms with Crippen LogP contribution in [0.25, 0.3) is 0 Å². The fourth-order valence-electron chi connectivity index (χ4n) is 0.415. The molecule has 0 fully saturated rings. The maximum Gasteiger partial charge on any atom is 0.293 e. The second kappa shape index (κ2) is 5.09. The first kappa shape index (κ1) is 7.95. The van der Waals surface area contributed by atoms with Gasteiger partial charge in [0.15, 0.2) is 0 Å². The van der Waals surface area contributed by atoms with Crippen LogP contribution in [0.3, 0.4) is 0 Å². The van der Waals surface area contributed by atoms with E-state index >= 15 is 0 Å². The lowest BCUT2D eigenvalue weighted by Gasteiger charge is -1.97. The van der Waals surface area contributed by atoms with Gasteiger partial charge in [-0.25, -0.2) is 0 Å². The molecule has 0 bridgehead atoms. The third-order valence-electron chi connectivity index (χ3n) is 0.789. The third kappa shape index (κ3) is 4.81. The van der Waals surface area contributed by atoms with E-state index in [-0.39, 0.29) is 0 Å². The summed E-state index contributed by atoms with van der Waals surface area (Å²) < 4.78 is 4.42. The Kier molecular flexibility index (Phi) is 4.50. The van der Waals surface area contributed by atoms with Crippen molar-refractivity contribution >= 4 is 6.47 Å². The summed E-state index contributed by atoms with van der Waals surface area (Å²) in [5.74, 6) is 0. The Hall–Kier alpha value is -1.05. The Labute approximate surface area is 54.8 Å². The lowest BCUT2D eigenvalue weighted by atomic mass is 10.2. The van der Waals surface area contributed by atoms with Gasteiger partial charge in [0, 0.05) is 0 Å². The van der Waals surface area contributed by atoms with Gasteiger partial charge in [-0.3, -0.25) is 4.79 Å². The van der Waals surface area contributed by atoms with Gasteiger partial charge in [0.05, 0.1) is 0 Å². The van der Waals surface area contributed by atoms with Gasteiger partial charge < -0.3 is 4.74 Å². The number of rotatable bonds is 5. The van der Waals surface area contributed by atoms with Crippen LogP contribution in [0.4, 0.5) is 0 Å². The Morgan fingerprint density at radius 3 is 2.78 bits per heavy atom. The van der Waals surface area contributed by atoms with E-state index in [4.69, 9.17) is 0 Å². The summed E-state index contributed by atoms with van der Waals surface area (Å²) in [5, 5.41) is 0. The van der Waals surface area contributed by atoms with Crippen LogP contribution >= 0.6 is 0 Å². The van der Waals surface area contributed by atoms with E-state index in [9.17, 15) is 4.79 Å². The highest BCUT2D eigenvalue weighted by molar-refractivity contribution is 5.37. The molecule has 0 aliphatic heterocycles. The molecule has 0 atom stereocenters. The maximum atomic E-state index is 9.62. The normalized spacial score (nSPS) is 8.00. The molecule has 0 saturated carbocycles. The number of hydrogen-bond donors (Lipinski definition) is 0. The van der Waals surface area contributed by atoms with Crippen molar-refractivity contribution in [3.05, 3.63) is 24.8 Å². The van der Waals surface area contributed by atoms with E-state index in [1.54, 1.807) is 6.08 Å². The molecular formula is C7H10O2. The molecule has 0 unspecified atom stereocenters. The van der Waals surface area contributed by atoms with Gasteiger partial charge in [-0.1, -0.05) is 12.7 Å². The van der Waals surface area contributed by atoms with E-state index in [0.29, 0.717) is 19.5 Å². The average Bonchev–Trinajstić information content (AvgIpc) is 1.85. The number of allylic oxidation sites excluding steroid dienone is 1. The largest absolute Gasteiger partial charge is 0.463 e. The average molecular weight is 126 g/mol. The van der Waals surface area contributed by atoms with Crippen LogP contribution in [0, 0.1) is 0 Å². The second-order valence-corrected chi connectivity index (χ2v) is 1.65. The first-order chi connectivity index (χ1) is 4.31. The maximum absolute atomic E-state index is 9.62. The second-order valence-electron chi connectivity index (χ2n) is 1.65. The van der Waals surface area contributed by atoms with Crippen molar-refractivity contribution in [2.75, 3.05) is 6.61 Å². The quantitative estimate of drug-likeness (QED) is 0.410. The van der Waals surface area contributed by atoms with Gasteiger partial charge in [-0.2, -0.15) is 0 Å². The summed E-state index contributed by atoms with van der Waals surface area (Å²) in [4.78, 5) is 9.62. The molecule has 0 N–H and O–H groups in total. The molecule has 9 heavy (non-hydrogen) atoms. The highest BCUT2D eigenvalue weighted by Crippen LogP contribution is 1.96. The van der Waals surface area contributed by atoms with Crippen LogP contribution < -0.4 is 0 Å². The van der Waals surface area contributed by atoms with Gasteiger partial charge in [-0.05, 0) is 12.0 Å². The van der Waals surface area contributed by atoms with Gasteiger partial charge in [0.2, 0.25) is 0 Å². The van der Waals surface area contributed by atoms with Crippen molar-refractivity contribution in [1.82, 2.24) is 0 Å². The molecule has 0 aliphatic rings. The van der Waals surface area contributed by atoms with E-state index < -0.39 is 0 Å². The molecule has 0 aliphatic carbocycles. The van der Waals surface area contributed by atoms with Crippen molar-refractivity contribution in [1.29, 1.82) is 0 Å². The zero-order valence-electron chi connectivity index (χ0n) is 5.30. The van der Waals surface area contributed by atoms with Crippen molar-refractivity contribution in [3.8, 4) is 0 Å². The molecule has 0 amide bonds. The first-order valence-corrected chi connectivity index (χ1v) is 2.64. The van der Waals surface area contributed by atoms with Crippen LogP contribution in [0.5, 0.6) is 0 Å². The Bertz CT molecular complexity index is 116. The monoisotopic (exact) mass is 126 g/mol. The highest BCUT2D eigenvalue weighted by atomic mass is 16.5. The smallest absolute Gasteiger partial charge is 0.293 e. The zero-order valence-corrected chi connectivity index (χ0v) is 5.30. The topological polar surface area (TPSA) is 26.3 Å². The SMILES string of the molecule is C=CCC(=C)COC=O. The van der Waals surface area contributed by atoms with Crippen LogP contribution in [-0.4, -0.2) is 13.1 Å². The van der Waals surface area contributed by atoms with Gasteiger partial charge >= 0.3 is 0 Å². The van der Waals surface area contributed by atoms with Crippen molar-refractivity contribution in [2.24, 2.45) is 0 Å². The van der Waals surface area contributed by atoms with Crippen molar-refractivity contribution in [2.45, 2.75) is 6.42 Å². The van der Waals surface area contributed by atoms with Crippen LogP contribution in [0.15, 0.2) is 24.8 Å². The predicted molar refractivity (Wildman–Crippen MR) is 36.0 cm³/mol. The lowest BCUT2D eigenvalue weighted by molar-refractivity contribution is -0.127. The van der Waals surface area contributed by atoms with Crippen LogP contribution in [0.2, 0.25) is 0 Å². The molecule has 0 aromatic carbocycles. The molecule has 0 aromatic rings. The lowest BCUT2D eigenvalue weighted by Crippen LogP contribution is -1.93. The molecule has 50 valence electrons. The van der Waals surface area contributed by atoms with E-state index in [1.165, 1.54) is 0 Å². The zero-order chi connectivity index (χ0) is 7.11. The summed E-state index contributed by atoms with van der Waals surface area (Å²) in [5.41, 5.74) is 0.858. The number of carbonyl (C=O) groups excluding carboxylic acids is 1. The third-order valence-corrected chi connectivity index (χ3v) is 0.789. The fraction of sp³-hybridized carbons (Fsp3) is 0.286. The Morgan fingerprint density at radius 1 is 1.67 bits per heavy atom.